The van der Waals surface area contributed by atoms with Crippen LogP contribution in [0.5, 0.6) is 0 Å². The molecule has 2 aliphatic rings. The maximum atomic E-state index is 13.2. The highest BCUT2D eigenvalue weighted by Crippen LogP contribution is 2.34. The topological polar surface area (TPSA) is 73.0 Å². The van der Waals surface area contributed by atoms with Crippen molar-refractivity contribution in [2.75, 3.05) is 18.8 Å². The number of nitrogens with zero attached hydrogens (tertiary/aromatic N) is 5. The van der Waals surface area contributed by atoms with Crippen LogP contribution in [0.1, 0.15) is 25.3 Å². The fourth-order valence-corrected chi connectivity index (χ4v) is 4.98. The van der Waals surface area contributed by atoms with Crippen molar-refractivity contribution in [1.29, 1.82) is 0 Å². The van der Waals surface area contributed by atoms with E-state index >= 15 is 0 Å². The molecule has 0 radical (unpaired) electrons. The average Bonchev–Trinajstić information content (AvgIpc) is 3.42. The summed E-state index contributed by atoms with van der Waals surface area (Å²) in [4.78, 5) is 32.2. The van der Waals surface area contributed by atoms with Gasteiger partial charge in [0.05, 0.1) is 17.9 Å². The van der Waals surface area contributed by atoms with Gasteiger partial charge in [-0.15, -0.1) is 0 Å². The summed E-state index contributed by atoms with van der Waals surface area (Å²) in [6.07, 6.45) is 3.90. The number of aromatic nitrogens is 4. The maximum Gasteiger partial charge on any atom is 0.265 e. The molecular formula is C19H18FN5O2S. The number of benzene rings is 1. The Kier molecular flexibility index (Phi) is 4.19. The van der Waals surface area contributed by atoms with Crippen molar-refractivity contribution in [3.63, 3.8) is 0 Å². The molecule has 0 N–H and O–H groups in total. The molecule has 1 fully saturated rings. The first-order valence-corrected chi connectivity index (χ1v) is 10.3. The first-order valence-electron chi connectivity index (χ1n) is 9.28. The maximum absolute atomic E-state index is 13.2. The molecule has 1 aromatic carbocycles. The van der Waals surface area contributed by atoms with Crippen LogP contribution < -0.4 is 5.56 Å². The minimum atomic E-state index is -0.338. The van der Waals surface area contributed by atoms with Crippen molar-refractivity contribution in [3.8, 4) is 5.69 Å². The Balaban J connectivity index is 1.52. The molecular weight excluding hydrogens is 381 g/mol. The van der Waals surface area contributed by atoms with Crippen LogP contribution >= 0.6 is 11.8 Å². The number of carbonyl (C=O) groups is 1. The van der Waals surface area contributed by atoms with Gasteiger partial charge in [0.25, 0.3) is 5.56 Å². The van der Waals surface area contributed by atoms with E-state index < -0.39 is 0 Å². The molecule has 7 nitrogen and oxygen atoms in total. The molecule has 1 atom stereocenters. The van der Waals surface area contributed by atoms with Crippen LogP contribution in [0, 0.1) is 5.82 Å². The van der Waals surface area contributed by atoms with Crippen molar-refractivity contribution >= 4 is 28.7 Å². The molecule has 5 rings (SSSR count). The largest absolute Gasteiger partial charge is 0.343 e. The summed E-state index contributed by atoms with van der Waals surface area (Å²) in [5.74, 6) is 0.415. The van der Waals surface area contributed by atoms with Crippen molar-refractivity contribution in [3.05, 3.63) is 46.6 Å². The highest BCUT2D eigenvalue weighted by molar-refractivity contribution is 7.99. The fraction of sp³-hybridized carbons (Fsp3) is 0.368. The van der Waals surface area contributed by atoms with E-state index in [0.29, 0.717) is 34.1 Å². The zero-order valence-corrected chi connectivity index (χ0v) is 15.9. The minimum Gasteiger partial charge on any atom is -0.343 e. The summed E-state index contributed by atoms with van der Waals surface area (Å²) in [6.45, 7) is 1.62. The smallest absolute Gasteiger partial charge is 0.265 e. The third kappa shape index (κ3) is 2.81. The van der Waals surface area contributed by atoms with Crippen LogP contribution in [0.2, 0.25) is 0 Å². The van der Waals surface area contributed by atoms with Crippen molar-refractivity contribution in [2.45, 2.75) is 30.5 Å². The van der Waals surface area contributed by atoms with Crippen LogP contribution in [-0.4, -0.2) is 49.0 Å². The first-order chi connectivity index (χ1) is 13.6. The number of hydrogen-bond donors (Lipinski definition) is 0. The lowest BCUT2D eigenvalue weighted by Crippen LogP contribution is -2.32. The zero-order valence-electron chi connectivity index (χ0n) is 15.0. The van der Waals surface area contributed by atoms with Gasteiger partial charge in [-0.05, 0) is 37.1 Å². The normalized spacial score (nSPS) is 18.8. The lowest BCUT2D eigenvalue weighted by atomic mass is 10.2. The zero-order chi connectivity index (χ0) is 19.3. The van der Waals surface area contributed by atoms with E-state index in [1.165, 1.54) is 30.1 Å². The Morgan fingerprint density at radius 3 is 2.71 bits per heavy atom. The first kappa shape index (κ1) is 17.4. The van der Waals surface area contributed by atoms with E-state index in [1.54, 1.807) is 21.4 Å². The predicted octanol–water partition coefficient (Wildman–Crippen LogP) is 2.38. The Labute approximate surface area is 164 Å². The summed E-state index contributed by atoms with van der Waals surface area (Å²) in [7, 11) is 0. The Hall–Kier alpha value is -2.68. The molecule has 4 heterocycles. The summed E-state index contributed by atoms with van der Waals surface area (Å²) in [5, 5.41) is 5.27. The van der Waals surface area contributed by atoms with Crippen molar-refractivity contribution in [2.24, 2.45) is 0 Å². The molecule has 1 amide bonds. The average molecular weight is 399 g/mol. The number of carbonyl (C=O) groups excluding carboxylic acids is 1. The van der Waals surface area contributed by atoms with Crippen LogP contribution in [0.25, 0.3) is 16.7 Å². The number of fused-ring (bicyclic) bond motifs is 2. The number of likely N-dealkylation sites (tertiary alicyclic amines) is 1. The standard InChI is InChI=1S/C19H18FN5O2S/c20-12-3-5-13(6-4-12)25-17-15(10-21-25)18(27)24-14(11-28-19(24)22-17)9-16(26)23-7-1-2-8-23/h3-6,10,14H,1-2,7-9,11H2. The molecule has 0 bridgehead atoms. The molecule has 2 aliphatic heterocycles. The molecule has 28 heavy (non-hydrogen) atoms. The van der Waals surface area contributed by atoms with Gasteiger partial charge in [-0.25, -0.2) is 14.1 Å². The number of halogens is 1. The monoisotopic (exact) mass is 399 g/mol. The van der Waals surface area contributed by atoms with Crippen LogP contribution in [0.15, 0.2) is 40.4 Å². The Morgan fingerprint density at radius 1 is 1.21 bits per heavy atom. The molecule has 9 heteroatoms. The van der Waals surface area contributed by atoms with Gasteiger partial charge in [-0.2, -0.15) is 5.10 Å². The van der Waals surface area contributed by atoms with E-state index in [2.05, 4.69) is 10.1 Å². The van der Waals surface area contributed by atoms with E-state index in [9.17, 15) is 14.0 Å². The van der Waals surface area contributed by atoms with Gasteiger partial charge in [0.15, 0.2) is 10.8 Å². The van der Waals surface area contributed by atoms with Gasteiger partial charge >= 0.3 is 0 Å². The Bertz CT molecular complexity index is 1120. The summed E-state index contributed by atoms with van der Waals surface area (Å²) in [6, 6.07) is 5.69. The van der Waals surface area contributed by atoms with Gasteiger partial charge in [0, 0.05) is 25.3 Å². The number of thioether (sulfide) groups is 1. The molecule has 3 aromatic rings. The van der Waals surface area contributed by atoms with E-state index in [4.69, 9.17) is 0 Å². The quantitative estimate of drug-likeness (QED) is 0.633. The van der Waals surface area contributed by atoms with Gasteiger partial charge < -0.3 is 4.90 Å². The number of rotatable bonds is 3. The van der Waals surface area contributed by atoms with Crippen molar-refractivity contribution in [1.82, 2.24) is 24.2 Å². The Morgan fingerprint density at radius 2 is 1.96 bits per heavy atom. The summed E-state index contributed by atoms with van der Waals surface area (Å²) >= 11 is 1.48. The van der Waals surface area contributed by atoms with Crippen LogP contribution in [0.3, 0.4) is 0 Å². The van der Waals surface area contributed by atoms with Crippen molar-refractivity contribution < 1.29 is 9.18 Å². The second kappa shape index (κ2) is 6.73. The van der Waals surface area contributed by atoms with E-state index in [1.807, 2.05) is 4.90 Å². The summed E-state index contributed by atoms with van der Waals surface area (Å²) in [5.41, 5.74) is 0.900. The van der Waals surface area contributed by atoms with Gasteiger partial charge in [-0.1, -0.05) is 11.8 Å². The fourth-order valence-electron chi connectivity index (χ4n) is 3.85. The molecule has 0 spiro atoms. The third-order valence-corrected chi connectivity index (χ3v) is 6.41. The molecule has 1 unspecified atom stereocenters. The van der Waals surface area contributed by atoms with Gasteiger partial charge in [-0.3, -0.25) is 14.2 Å². The van der Waals surface area contributed by atoms with E-state index in [-0.39, 0.29) is 23.3 Å². The lowest BCUT2D eigenvalue weighted by Gasteiger charge is -2.19. The molecule has 144 valence electrons. The number of amides is 1. The predicted molar refractivity (Wildman–Crippen MR) is 103 cm³/mol. The second-order valence-corrected chi connectivity index (χ2v) is 8.08. The third-order valence-electron chi connectivity index (χ3n) is 5.31. The van der Waals surface area contributed by atoms with Crippen LogP contribution in [-0.2, 0) is 4.79 Å². The molecule has 2 aromatic heterocycles. The highest BCUT2D eigenvalue weighted by atomic mass is 32.2. The molecule has 0 saturated carbocycles. The van der Waals surface area contributed by atoms with Gasteiger partial charge in [0.1, 0.15) is 11.2 Å². The number of hydrogen-bond acceptors (Lipinski definition) is 5. The highest BCUT2D eigenvalue weighted by Gasteiger charge is 2.31. The minimum absolute atomic E-state index is 0.102. The van der Waals surface area contributed by atoms with E-state index in [0.717, 1.165) is 25.9 Å². The lowest BCUT2D eigenvalue weighted by molar-refractivity contribution is -0.130. The SMILES string of the molecule is O=C(CC1CSc2nc3c(cnn3-c3ccc(F)cc3)c(=O)n21)N1CCCC1. The summed E-state index contributed by atoms with van der Waals surface area (Å²) < 4.78 is 16.4. The van der Waals surface area contributed by atoms with Crippen LogP contribution in [0.4, 0.5) is 4.39 Å². The molecule has 0 aliphatic carbocycles. The second-order valence-electron chi connectivity index (χ2n) is 7.10. The molecule has 1 saturated heterocycles. The van der Waals surface area contributed by atoms with Gasteiger partial charge in [0.2, 0.25) is 5.91 Å².